The fourth-order valence-corrected chi connectivity index (χ4v) is 2.89. The lowest BCUT2D eigenvalue weighted by Gasteiger charge is -2.18. The van der Waals surface area contributed by atoms with Gasteiger partial charge in [-0.2, -0.15) is 0 Å². The van der Waals surface area contributed by atoms with Crippen LogP contribution >= 0.6 is 0 Å². The number of sulfonamides is 1. The third-order valence-corrected chi connectivity index (χ3v) is 4.85. The minimum absolute atomic E-state index is 0.200. The Labute approximate surface area is 100 Å². The van der Waals surface area contributed by atoms with E-state index in [9.17, 15) is 8.42 Å². The normalized spacial score (nSPS) is 14.3. The molecule has 0 saturated carbocycles. The fraction of sp³-hybridized carbons (Fsp3) is 1.00. The van der Waals surface area contributed by atoms with Crippen molar-refractivity contribution < 1.29 is 8.42 Å². The summed E-state index contributed by atoms with van der Waals surface area (Å²) in [6, 6.07) is 0. The van der Waals surface area contributed by atoms with Crippen molar-refractivity contribution in [3.05, 3.63) is 0 Å². The van der Waals surface area contributed by atoms with Gasteiger partial charge in [-0.05, 0) is 12.5 Å². The Bertz CT molecular complexity index is 261. The standard InChI is InChI=1S/C11H26N2O2S/c1-5-11(4)10-12-8-9-16(14,15)13(6-2)7-3/h11-12H,5-10H2,1-4H3. The van der Waals surface area contributed by atoms with Crippen molar-refractivity contribution in [1.82, 2.24) is 9.62 Å². The second-order valence-electron chi connectivity index (χ2n) is 4.12. The number of hydrogen-bond acceptors (Lipinski definition) is 3. The lowest BCUT2D eigenvalue weighted by molar-refractivity contribution is 0.441. The van der Waals surface area contributed by atoms with E-state index in [1.165, 1.54) is 4.31 Å². The van der Waals surface area contributed by atoms with Gasteiger partial charge in [0.1, 0.15) is 0 Å². The molecule has 0 aromatic rings. The highest BCUT2D eigenvalue weighted by Crippen LogP contribution is 2.00. The molecule has 0 spiro atoms. The summed E-state index contributed by atoms with van der Waals surface area (Å²) in [5.41, 5.74) is 0. The molecule has 16 heavy (non-hydrogen) atoms. The number of nitrogens with zero attached hydrogens (tertiary/aromatic N) is 1. The van der Waals surface area contributed by atoms with Gasteiger partial charge in [0.15, 0.2) is 0 Å². The van der Waals surface area contributed by atoms with Gasteiger partial charge in [0.25, 0.3) is 0 Å². The lowest BCUT2D eigenvalue weighted by atomic mass is 10.1. The Morgan fingerprint density at radius 2 is 1.75 bits per heavy atom. The van der Waals surface area contributed by atoms with E-state index in [1.807, 2.05) is 13.8 Å². The first-order chi connectivity index (χ1) is 7.47. The molecule has 0 bridgehead atoms. The third-order valence-electron chi connectivity index (χ3n) is 2.83. The largest absolute Gasteiger partial charge is 0.315 e. The molecule has 1 N–H and O–H groups in total. The van der Waals surface area contributed by atoms with Gasteiger partial charge >= 0.3 is 0 Å². The van der Waals surface area contributed by atoms with Gasteiger partial charge in [-0.3, -0.25) is 0 Å². The molecule has 0 radical (unpaired) electrons. The highest BCUT2D eigenvalue weighted by atomic mass is 32.2. The van der Waals surface area contributed by atoms with E-state index in [1.54, 1.807) is 0 Å². The summed E-state index contributed by atoms with van der Waals surface area (Å²) >= 11 is 0. The van der Waals surface area contributed by atoms with Gasteiger partial charge in [-0.25, -0.2) is 12.7 Å². The molecule has 0 rings (SSSR count). The van der Waals surface area contributed by atoms with Crippen molar-refractivity contribution in [2.24, 2.45) is 5.92 Å². The maximum atomic E-state index is 11.8. The molecular weight excluding hydrogens is 224 g/mol. The van der Waals surface area contributed by atoms with E-state index >= 15 is 0 Å². The second kappa shape index (κ2) is 8.03. The van der Waals surface area contributed by atoms with Crippen molar-refractivity contribution in [1.29, 1.82) is 0 Å². The molecule has 0 aromatic heterocycles. The Hall–Kier alpha value is -0.130. The highest BCUT2D eigenvalue weighted by Gasteiger charge is 2.17. The summed E-state index contributed by atoms with van der Waals surface area (Å²) in [6.07, 6.45) is 1.12. The van der Waals surface area contributed by atoms with Gasteiger partial charge in [-0.15, -0.1) is 0 Å². The van der Waals surface area contributed by atoms with E-state index in [0.29, 0.717) is 25.6 Å². The summed E-state index contributed by atoms with van der Waals surface area (Å²) in [6.45, 7) is 10.6. The maximum absolute atomic E-state index is 11.8. The fourth-order valence-electron chi connectivity index (χ4n) is 1.44. The Balaban J connectivity index is 3.91. The first-order valence-electron chi connectivity index (χ1n) is 6.16. The quantitative estimate of drug-likeness (QED) is 0.627. The Morgan fingerprint density at radius 1 is 1.19 bits per heavy atom. The molecule has 4 nitrogen and oxygen atoms in total. The van der Waals surface area contributed by atoms with Crippen LogP contribution in [0.5, 0.6) is 0 Å². The smallest absolute Gasteiger partial charge is 0.215 e. The second-order valence-corrected chi connectivity index (χ2v) is 6.21. The number of rotatable bonds is 9. The zero-order chi connectivity index (χ0) is 12.6. The van der Waals surface area contributed by atoms with Gasteiger partial charge in [0.2, 0.25) is 10.0 Å². The predicted octanol–water partition coefficient (Wildman–Crippen LogP) is 1.29. The van der Waals surface area contributed by atoms with Crippen molar-refractivity contribution in [3.8, 4) is 0 Å². The van der Waals surface area contributed by atoms with Gasteiger partial charge in [-0.1, -0.05) is 34.1 Å². The topological polar surface area (TPSA) is 49.4 Å². The minimum atomic E-state index is -3.06. The molecule has 0 fully saturated rings. The van der Waals surface area contributed by atoms with Crippen molar-refractivity contribution in [2.75, 3.05) is 31.9 Å². The van der Waals surface area contributed by atoms with Crippen LogP contribution in [0.2, 0.25) is 0 Å². The molecule has 0 heterocycles. The van der Waals surface area contributed by atoms with Crippen molar-refractivity contribution >= 4 is 10.0 Å². The highest BCUT2D eigenvalue weighted by molar-refractivity contribution is 7.89. The van der Waals surface area contributed by atoms with Crippen LogP contribution in [-0.2, 0) is 10.0 Å². The summed E-state index contributed by atoms with van der Waals surface area (Å²) in [5, 5.41) is 3.19. The zero-order valence-corrected chi connectivity index (χ0v) is 11.8. The summed E-state index contributed by atoms with van der Waals surface area (Å²) in [7, 11) is -3.06. The number of nitrogens with one attached hydrogen (secondary N) is 1. The molecule has 0 amide bonds. The molecular formula is C11H26N2O2S. The SMILES string of the molecule is CCC(C)CNCCS(=O)(=O)N(CC)CC. The van der Waals surface area contributed by atoms with E-state index in [2.05, 4.69) is 19.2 Å². The average molecular weight is 250 g/mol. The monoisotopic (exact) mass is 250 g/mol. The van der Waals surface area contributed by atoms with Crippen LogP contribution in [0.25, 0.3) is 0 Å². The first kappa shape index (κ1) is 15.9. The zero-order valence-electron chi connectivity index (χ0n) is 11.0. The molecule has 1 unspecified atom stereocenters. The lowest BCUT2D eigenvalue weighted by Crippen LogP contribution is -2.36. The van der Waals surface area contributed by atoms with Crippen LogP contribution in [0.3, 0.4) is 0 Å². The molecule has 0 aliphatic heterocycles. The Kier molecular flexibility index (Phi) is 7.97. The van der Waals surface area contributed by atoms with Crippen LogP contribution < -0.4 is 5.32 Å². The summed E-state index contributed by atoms with van der Waals surface area (Å²) in [4.78, 5) is 0. The third kappa shape index (κ3) is 5.82. The van der Waals surface area contributed by atoms with Gasteiger partial charge in [0, 0.05) is 19.6 Å². The molecule has 0 aliphatic carbocycles. The number of hydrogen-bond donors (Lipinski definition) is 1. The average Bonchev–Trinajstić information content (AvgIpc) is 2.25. The van der Waals surface area contributed by atoms with Crippen molar-refractivity contribution in [2.45, 2.75) is 34.1 Å². The van der Waals surface area contributed by atoms with Gasteiger partial charge in [0.05, 0.1) is 5.75 Å². The van der Waals surface area contributed by atoms with E-state index < -0.39 is 10.0 Å². The molecule has 0 saturated heterocycles. The van der Waals surface area contributed by atoms with Crippen LogP contribution in [0.4, 0.5) is 0 Å². The molecule has 5 heteroatoms. The van der Waals surface area contributed by atoms with E-state index in [0.717, 1.165) is 13.0 Å². The Morgan fingerprint density at radius 3 is 2.19 bits per heavy atom. The summed E-state index contributed by atoms with van der Waals surface area (Å²) < 4.78 is 25.1. The maximum Gasteiger partial charge on any atom is 0.215 e. The van der Waals surface area contributed by atoms with Crippen LogP contribution in [0.1, 0.15) is 34.1 Å². The van der Waals surface area contributed by atoms with Crippen LogP contribution in [0.15, 0.2) is 0 Å². The van der Waals surface area contributed by atoms with E-state index in [-0.39, 0.29) is 5.75 Å². The first-order valence-corrected chi connectivity index (χ1v) is 7.77. The van der Waals surface area contributed by atoms with E-state index in [4.69, 9.17) is 0 Å². The molecule has 0 aliphatic rings. The van der Waals surface area contributed by atoms with Gasteiger partial charge < -0.3 is 5.32 Å². The van der Waals surface area contributed by atoms with Crippen LogP contribution in [-0.4, -0.2) is 44.7 Å². The molecule has 98 valence electrons. The molecule has 0 aromatic carbocycles. The van der Waals surface area contributed by atoms with Crippen molar-refractivity contribution in [3.63, 3.8) is 0 Å². The predicted molar refractivity (Wildman–Crippen MR) is 69.0 cm³/mol. The summed E-state index contributed by atoms with van der Waals surface area (Å²) in [5.74, 6) is 0.807. The minimum Gasteiger partial charge on any atom is -0.315 e. The molecule has 1 atom stereocenters. The van der Waals surface area contributed by atoms with Crippen LogP contribution in [0, 0.1) is 5.92 Å².